The minimum absolute atomic E-state index is 0.199. The monoisotopic (exact) mass is 534 g/mol. The van der Waals surface area contributed by atoms with Gasteiger partial charge in [-0.1, -0.05) is 51.4 Å². The van der Waals surface area contributed by atoms with Gasteiger partial charge < -0.3 is 15.1 Å². The molecule has 1 aromatic carbocycles. The van der Waals surface area contributed by atoms with Crippen molar-refractivity contribution in [1.29, 1.82) is 0 Å². The first-order chi connectivity index (χ1) is 18.2. The van der Waals surface area contributed by atoms with E-state index in [2.05, 4.69) is 62.7 Å². The van der Waals surface area contributed by atoms with E-state index >= 15 is 0 Å². The zero-order valence-corrected chi connectivity index (χ0v) is 23.7. The number of nitrogens with one attached hydrogen (secondary N) is 1. The van der Waals surface area contributed by atoms with Crippen LogP contribution in [0.1, 0.15) is 70.2 Å². The van der Waals surface area contributed by atoms with Gasteiger partial charge in [0.25, 0.3) is 0 Å². The molecule has 0 bridgehead atoms. The summed E-state index contributed by atoms with van der Waals surface area (Å²) in [6.45, 7) is 15.1. The van der Waals surface area contributed by atoms with Crippen molar-refractivity contribution in [1.82, 2.24) is 20.2 Å². The van der Waals surface area contributed by atoms with E-state index in [0.717, 1.165) is 41.7 Å². The highest BCUT2D eigenvalue weighted by molar-refractivity contribution is 6.33. The van der Waals surface area contributed by atoms with Crippen molar-refractivity contribution >= 4 is 28.9 Å². The summed E-state index contributed by atoms with van der Waals surface area (Å²) in [5.74, 6) is 1.73. The highest BCUT2D eigenvalue weighted by Crippen LogP contribution is 2.42. The van der Waals surface area contributed by atoms with Crippen molar-refractivity contribution in [3.05, 3.63) is 70.3 Å². The van der Waals surface area contributed by atoms with Crippen LogP contribution in [0.25, 0.3) is 11.3 Å². The van der Waals surface area contributed by atoms with Crippen LogP contribution in [0.15, 0.2) is 47.6 Å². The summed E-state index contributed by atoms with van der Waals surface area (Å²) in [6.07, 6.45) is 1.89. The Bertz CT molecular complexity index is 1340. The quantitative estimate of drug-likeness (QED) is 0.402. The molecule has 0 amide bonds. The summed E-state index contributed by atoms with van der Waals surface area (Å²) in [7, 11) is 0. The van der Waals surface area contributed by atoms with Gasteiger partial charge in [0.1, 0.15) is 24.1 Å². The molecule has 200 valence electrons. The number of aromatic nitrogens is 2. The van der Waals surface area contributed by atoms with Gasteiger partial charge in [0.2, 0.25) is 0 Å². The van der Waals surface area contributed by atoms with Crippen LogP contribution in [0, 0.1) is 5.82 Å². The second kappa shape index (κ2) is 10.6. The molecule has 0 saturated carbocycles. The van der Waals surface area contributed by atoms with E-state index in [9.17, 15) is 4.39 Å². The minimum Gasteiger partial charge on any atom is -0.351 e. The molecule has 1 saturated heterocycles. The first-order valence-electron chi connectivity index (χ1n) is 13.4. The molecule has 1 fully saturated rings. The average Bonchev–Trinajstić information content (AvgIpc) is 2.89. The van der Waals surface area contributed by atoms with Gasteiger partial charge in [0.05, 0.1) is 27.7 Å². The molecule has 4 heterocycles. The molecule has 1 N–H and O–H groups in total. The second-order valence-electron chi connectivity index (χ2n) is 11.0. The van der Waals surface area contributed by atoms with Gasteiger partial charge in [-0.2, -0.15) is 0 Å². The lowest BCUT2D eigenvalue weighted by Crippen LogP contribution is -2.57. The third-order valence-electron chi connectivity index (χ3n) is 7.40. The van der Waals surface area contributed by atoms with Gasteiger partial charge in [-0.05, 0) is 55.5 Å². The Morgan fingerprint density at radius 2 is 1.82 bits per heavy atom. The Morgan fingerprint density at radius 1 is 1.05 bits per heavy atom. The zero-order valence-electron chi connectivity index (χ0n) is 23.0. The maximum absolute atomic E-state index is 14.9. The van der Waals surface area contributed by atoms with E-state index < -0.39 is 0 Å². The SMILES string of the molecule is CC(C)c1ccnc(C(C)C)c1N1CN=C(N2C[C@@H](C)NC[C@@H]2C)c2cc(Cl)c(-c3ccccc3F)nc21. The second-order valence-corrected chi connectivity index (χ2v) is 11.4. The fourth-order valence-corrected chi connectivity index (χ4v) is 5.64. The first-order valence-corrected chi connectivity index (χ1v) is 13.8. The molecule has 8 heteroatoms. The fraction of sp³-hybridized carbons (Fsp3) is 0.433. The number of piperazine rings is 1. The van der Waals surface area contributed by atoms with Gasteiger partial charge in [0.15, 0.2) is 0 Å². The van der Waals surface area contributed by atoms with Crippen LogP contribution in [-0.4, -0.2) is 52.5 Å². The van der Waals surface area contributed by atoms with Crippen molar-refractivity contribution in [3.8, 4) is 11.3 Å². The molecule has 2 aliphatic heterocycles. The Balaban J connectivity index is 1.75. The number of fused-ring (bicyclic) bond motifs is 1. The summed E-state index contributed by atoms with van der Waals surface area (Å²) in [6, 6.07) is 11.2. The predicted molar refractivity (Wildman–Crippen MR) is 154 cm³/mol. The molecule has 6 nitrogen and oxygen atoms in total. The van der Waals surface area contributed by atoms with Crippen LogP contribution in [0.4, 0.5) is 15.9 Å². The van der Waals surface area contributed by atoms with Crippen LogP contribution >= 0.6 is 11.6 Å². The number of pyridine rings is 2. The molecule has 2 aliphatic rings. The molecular formula is C30H36ClFN6. The molecule has 0 aliphatic carbocycles. The van der Waals surface area contributed by atoms with Crippen LogP contribution in [-0.2, 0) is 0 Å². The summed E-state index contributed by atoms with van der Waals surface area (Å²) in [5, 5.41) is 3.95. The summed E-state index contributed by atoms with van der Waals surface area (Å²) in [4.78, 5) is 19.5. The molecule has 3 aromatic rings. The maximum atomic E-state index is 14.9. The van der Waals surface area contributed by atoms with E-state index in [1.165, 1.54) is 11.6 Å². The lowest BCUT2D eigenvalue weighted by molar-refractivity contribution is 0.234. The fourth-order valence-electron chi connectivity index (χ4n) is 5.39. The lowest BCUT2D eigenvalue weighted by atomic mass is 9.95. The topological polar surface area (TPSA) is 56.7 Å². The number of anilines is 2. The summed E-state index contributed by atoms with van der Waals surface area (Å²) >= 11 is 6.85. The van der Waals surface area contributed by atoms with Crippen LogP contribution in [0.2, 0.25) is 5.02 Å². The van der Waals surface area contributed by atoms with E-state index in [4.69, 9.17) is 26.6 Å². The number of aliphatic imine (C=N–C) groups is 1. The van der Waals surface area contributed by atoms with Gasteiger partial charge in [-0.15, -0.1) is 0 Å². The molecule has 0 spiro atoms. The number of hydrogen-bond donors (Lipinski definition) is 1. The van der Waals surface area contributed by atoms with Crippen LogP contribution < -0.4 is 10.2 Å². The third-order valence-corrected chi connectivity index (χ3v) is 7.69. The molecule has 0 radical (unpaired) electrons. The summed E-state index contributed by atoms with van der Waals surface area (Å²) < 4.78 is 14.9. The van der Waals surface area contributed by atoms with Crippen LogP contribution in [0.5, 0.6) is 0 Å². The predicted octanol–water partition coefficient (Wildman–Crippen LogP) is 6.72. The third kappa shape index (κ3) is 4.78. The molecule has 5 rings (SSSR count). The minimum atomic E-state index is -0.352. The van der Waals surface area contributed by atoms with E-state index in [0.29, 0.717) is 29.0 Å². The van der Waals surface area contributed by atoms with E-state index in [-0.39, 0.29) is 23.7 Å². The van der Waals surface area contributed by atoms with Gasteiger partial charge in [0, 0.05) is 36.9 Å². The molecule has 2 atom stereocenters. The van der Waals surface area contributed by atoms with Crippen molar-refractivity contribution in [3.63, 3.8) is 0 Å². The highest BCUT2D eigenvalue weighted by atomic mass is 35.5. The number of rotatable bonds is 4. The standard InChI is InChI=1S/C30H36ClFN6/c1-17(2)21-11-12-33-26(18(3)4)28(21)38-16-35-29(37-15-19(5)34-14-20(37)6)23-13-24(31)27(36-30(23)38)22-9-7-8-10-25(22)32/h7-13,17-20,34H,14-16H2,1-6H3/t19-,20+/m1/s1. The van der Waals surface area contributed by atoms with Crippen LogP contribution in [0.3, 0.4) is 0 Å². The van der Waals surface area contributed by atoms with Crippen molar-refractivity contribution in [2.45, 2.75) is 65.5 Å². The smallest absolute Gasteiger partial charge is 0.146 e. The van der Waals surface area contributed by atoms with Crippen molar-refractivity contribution in [2.75, 3.05) is 24.7 Å². The zero-order chi connectivity index (χ0) is 27.1. The number of amidine groups is 1. The Labute approximate surface area is 230 Å². The number of halogens is 2. The Hall–Kier alpha value is -3.03. The highest BCUT2D eigenvalue weighted by Gasteiger charge is 2.34. The normalized spacial score (nSPS) is 19.7. The van der Waals surface area contributed by atoms with Gasteiger partial charge in [-0.3, -0.25) is 4.98 Å². The van der Waals surface area contributed by atoms with Gasteiger partial charge in [-0.25, -0.2) is 14.4 Å². The Morgan fingerprint density at radius 3 is 2.53 bits per heavy atom. The molecular weight excluding hydrogens is 499 g/mol. The average molecular weight is 535 g/mol. The van der Waals surface area contributed by atoms with Crippen molar-refractivity contribution in [2.24, 2.45) is 4.99 Å². The summed E-state index contributed by atoms with van der Waals surface area (Å²) in [5.41, 5.74) is 4.87. The molecule has 2 aromatic heterocycles. The number of benzene rings is 1. The maximum Gasteiger partial charge on any atom is 0.146 e. The van der Waals surface area contributed by atoms with Gasteiger partial charge >= 0.3 is 0 Å². The molecule has 38 heavy (non-hydrogen) atoms. The van der Waals surface area contributed by atoms with E-state index in [1.807, 2.05) is 12.3 Å². The number of hydrogen-bond acceptors (Lipinski definition) is 6. The Kier molecular flexibility index (Phi) is 7.43. The first kappa shape index (κ1) is 26.6. The van der Waals surface area contributed by atoms with E-state index in [1.54, 1.807) is 18.2 Å². The lowest BCUT2D eigenvalue weighted by Gasteiger charge is -2.42. The number of nitrogens with zero attached hydrogens (tertiary/aromatic N) is 5. The van der Waals surface area contributed by atoms with Crippen molar-refractivity contribution < 1.29 is 4.39 Å². The largest absolute Gasteiger partial charge is 0.351 e. The molecule has 0 unspecified atom stereocenters.